The van der Waals surface area contributed by atoms with Gasteiger partial charge in [0, 0.05) is 11.2 Å². The first kappa shape index (κ1) is 16.5. The van der Waals surface area contributed by atoms with Crippen molar-refractivity contribution in [3.63, 3.8) is 0 Å². The lowest BCUT2D eigenvalue weighted by Crippen LogP contribution is -2.26. The first-order valence-corrected chi connectivity index (χ1v) is 8.59. The molecule has 3 rings (SSSR count). The molecule has 4 nitrogen and oxygen atoms in total. The van der Waals surface area contributed by atoms with Crippen LogP contribution in [0.15, 0.2) is 58.8 Å². The van der Waals surface area contributed by atoms with E-state index >= 15 is 0 Å². The molecule has 0 saturated heterocycles. The Morgan fingerprint density at radius 1 is 1.25 bits per heavy atom. The summed E-state index contributed by atoms with van der Waals surface area (Å²) in [6.45, 7) is 2.23. The average molecular weight is 359 g/mol. The highest BCUT2D eigenvalue weighted by Crippen LogP contribution is 2.17. The highest BCUT2D eigenvalue weighted by atomic mass is 35.5. The van der Waals surface area contributed by atoms with Crippen LogP contribution in [-0.2, 0) is 6.54 Å². The molecule has 0 aliphatic carbocycles. The predicted octanol–water partition coefficient (Wildman–Crippen LogP) is 4.17. The van der Waals surface area contributed by atoms with Crippen LogP contribution in [0.5, 0.6) is 0 Å². The maximum Gasteiger partial charge on any atom is 0.274 e. The fourth-order valence-electron chi connectivity index (χ4n) is 2.39. The summed E-state index contributed by atoms with van der Waals surface area (Å²) in [4.78, 5) is 25.4. The van der Waals surface area contributed by atoms with E-state index < -0.39 is 0 Å². The summed E-state index contributed by atoms with van der Waals surface area (Å²) < 4.78 is 1.56. The van der Waals surface area contributed by atoms with Gasteiger partial charge in [-0.05, 0) is 41.6 Å². The maximum absolute atomic E-state index is 12.7. The molecule has 122 valence electrons. The van der Waals surface area contributed by atoms with Gasteiger partial charge in [-0.15, -0.1) is 11.3 Å². The lowest BCUT2D eigenvalue weighted by atomic mass is 10.2. The van der Waals surface area contributed by atoms with Crippen molar-refractivity contribution in [3.05, 3.63) is 85.4 Å². The van der Waals surface area contributed by atoms with Gasteiger partial charge in [0.05, 0.1) is 11.4 Å². The number of hydrogen-bond acceptors (Lipinski definition) is 3. The summed E-state index contributed by atoms with van der Waals surface area (Å²) >= 11 is 7.50. The first-order valence-electron chi connectivity index (χ1n) is 7.34. The third kappa shape index (κ3) is 3.58. The maximum atomic E-state index is 12.7. The van der Waals surface area contributed by atoms with E-state index in [-0.39, 0.29) is 17.2 Å². The van der Waals surface area contributed by atoms with Crippen molar-refractivity contribution in [2.24, 2.45) is 0 Å². The van der Waals surface area contributed by atoms with Crippen LogP contribution in [0, 0.1) is 6.92 Å². The molecule has 0 aliphatic heterocycles. The minimum Gasteiger partial charge on any atom is -0.317 e. The zero-order valence-electron chi connectivity index (χ0n) is 13.0. The molecule has 2 aromatic heterocycles. The molecule has 0 saturated carbocycles. The van der Waals surface area contributed by atoms with E-state index in [1.807, 2.05) is 30.5 Å². The standard InChI is InChI=1S/C18H15ClN2O2S/c1-12-9-15(20-17(22)16-7-4-8-24-16)18(23)21(10-12)11-13-5-2-3-6-14(13)19/h2-10H,11H2,1H3,(H,20,22). The Morgan fingerprint density at radius 2 is 2.04 bits per heavy atom. The topological polar surface area (TPSA) is 51.1 Å². The summed E-state index contributed by atoms with van der Waals surface area (Å²) in [7, 11) is 0. The Bertz CT molecular complexity index is 932. The molecule has 0 aliphatic rings. The SMILES string of the molecule is Cc1cc(NC(=O)c2cccs2)c(=O)n(Cc2ccccc2Cl)c1. The van der Waals surface area contributed by atoms with Crippen molar-refractivity contribution in [1.82, 2.24) is 4.57 Å². The normalized spacial score (nSPS) is 10.6. The van der Waals surface area contributed by atoms with Gasteiger partial charge in [-0.25, -0.2) is 0 Å². The van der Waals surface area contributed by atoms with Crippen molar-refractivity contribution in [2.75, 3.05) is 5.32 Å². The van der Waals surface area contributed by atoms with E-state index in [1.54, 1.807) is 35.0 Å². The Labute approximate surface area is 148 Å². The quantitative estimate of drug-likeness (QED) is 0.760. The number of rotatable bonds is 4. The third-order valence-corrected chi connectivity index (χ3v) is 4.75. The number of aromatic nitrogens is 1. The number of halogens is 1. The van der Waals surface area contributed by atoms with Crippen molar-refractivity contribution >= 4 is 34.5 Å². The van der Waals surface area contributed by atoms with Gasteiger partial charge in [0.1, 0.15) is 5.69 Å². The van der Waals surface area contributed by atoms with Gasteiger partial charge >= 0.3 is 0 Å². The minimum absolute atomic E-state index is 0.259. The number of aryl methyl sites for hydroxylation is 1. The van der Waals surface area contributed by atoms with Gasteiger partial charge in [0.2, 0.25) is 0 Å². The molecular weight excluding hydrogens is 344 g/mol. The Hall–Kier alpha value is -2.37. The molecule has 0 fully saturated rings. The highest BCUT2D eigenvalue weighted by molar-refractivity contribution is 7.12. The van der Waals surface area contributed by atoms with Crippen LogP contribution in [0.4, 0.5) is 5.69 Å². The average Bonchev–Trinajstić information content (AvgIpc) is 3.08. The fraction of sp³-hybridized carbons (Fsp3) is 0.111. The van der Waals surface area contributed by atoms with E-state index in [2.05, 4.69) is 5.32 Å². The van der Waals surface area contributed by atoms with Crippen molar-refractivity contribution in [3.8, 4) is 0 Å². The van der Waals surface area contributed by atoms with E-state index in [9.17, 15) is 9.59 Å². The lowest BCUT2D eigenvalue weighted by Gasteiger charge is -2.12. The molecule has 1 amide bonds. The number of anilines is 1. The molecule has 0 bridgehead atoms. The molecule has 0 spiro atoms. The number of benzene rings is 1. The van der Waals surface area contributed by atoms with Gasteiger partial charge in [-0.1, -0.05) is 35.9 Å². The predicted molar refractivity (Wildman–Crippen MR) is 98.3 cm³/mol. The molecule has 2 heterocycles. The number of hydrogen-bond donors (Lipinski definition) is 1. The second-order valence-corrected chi connectivity index (χ2v) is 6.74. The second-order valence-electron chi connectivity index (χ2n) is 5.39. The van der Waals surface area contributed by atoms with Crippen molar-refractivity contribution in [2.45, 2.75) is 13.5 Å². The highest BCUT2D eigenvalue weighted by Gasteiger charge is 2.12. The van der Waals surface area contributed by atoms with Crippen LogP contribution < -0.4 is 10.9 Å². The third-order valence-electron chi connectivity index (χ3n) is 3.51. The van der Waals surface area contributed by atoms with Crippen LogP contribution in [0.3, 0.4) is 0 Å². The van der Waals surface area contributed by atoms with E-state index in [0.29, 0.717) is 16.4 Å². The van der Waals surface area contributed by atoms with Crippen LogP contribution in [0.2, 0.25) is 5.02 Å². The molecule has 0 atom stereocenters. The first-order chi connectivity index (χ1) is 11.5. The molecule has 1 aromatic carbocycles. The van der Waals surface area contributed by atoms with Crippen LogP contribution in [0.1, 0.15) is 20.8 Å². The van der Waals surface area contributed by atoms with E-state index in [1.165, 1.54) is 11.3 Å². The smallest absolute Gasteiger partial charge is 0.274 e. The zero-order chi connectivity index (χ0) is 17.1. The number of carbonyl (C=O) groups excluding carboxylic acids is 1. The minimum atomic E-state index is -0.281. The largest absolute Gasteiger partial charge is 0.317 e. The summed E-state index contributed by atoms with van der Waals surface area (Å²) in [5, 5.41) is 5.13. The second kappa shape index (κ2) is 7.03. The summed E-state index contributed by atoms with van der Waals surface area (Å²) in [5.41, 5.74) is 1.73. The fourth-order valence-corrected chi connectivity index (χ4v) is 3.21. The summed E-state index contributed by atoms with van der Waals surface area (Å²) in [6, 6.07) is 12.6. The number of nitrogens with zero attached hydrogens (tertiary/aromatic N) is 1. The van der Waals surface area contributed by atoms with Gasteiger partial charge in [-0.2, -0.15) is 0 Å². The molecule has 0 radical (unpaired) electrons. The number of carbonyl (C=O) groups is 1. The van der Waals surface area contributed by atoms with Crippen molar-refractivity contribution in [1.29, 1.82) is 0 Å². The monoisotopic (exact) mass is 358 g/mol. The van der Waals surface area contributed by atoms with Gasteiger partial charge in [0.15, 0.2) is 0 Å². The Morgan fingerprint density at radius 3 is 2.75 bits per heavy atom. The number of amides is 1. The molecular formula is C18H15ClN2O2S. The van der Waals surface area contributed by atoms with Crippen LogP contribution >= 0.6 is 22.9 Å². The molecule has 3 aromatic rings. The van der Waals surface area contributed by atoms with Gasteiger partial charge < -0.3 is 9.88 Å². The Balaban J connectivity index is 1.92. The molecule has 24 heavy (non-hydrogen) atoms. The molecule has 0 unspecified atom stereocenters. The zero-order valence-corrected chi connectivity index (χ0v) is 14.5. The van der Waals surface area contributed by atoms with E-state index in [4.69, 9.17) is 11.6 Å². The van der Waals surface area contributed by atoms with Gasteiger partial charge in [-0.3, -0.25) is 9.59 Å². The summed E-state index contributed by atoms with van der Waals surface area (Å²) in [5.74, 6) is -0.281. The van der Waals surface area contributed by atoms with Crippen molar-refractivity contribution < 1.29 is 4.79 Å². The number of thiophene rings is 1. The molecule has 6 heteroatoms. The van der Waals surface area contributed by atoms with Crippen LogP contribution in [0.25, 0.3) is 0 Å². The lowest BCUT2D eigenvalue weighted by molar-refractivity contribution is 0.103. The summed E-state index contributed by atoms with van der Waals surface area (Å²) in [6.07, 6.45) is 1.76. The Kier molecular flexibility index (Phi) is 4.83. The van der Waals surface area contributed by atoms with Gasteiger partial charge in [0.25, 0.3) is 11.5 Å². The number of pyridine rings is 1. The van der Waals surface area contributed by atoms with Crippen LogP contribution in [-0.4, -0.2) is 10.5 Å². The molecule has 1 N–H and O–H groups in total. The number of nitrogens with one attached hydrogen (secondary N) is 1. The van der Waals surface area contributed by atoms with E-state index in [0.717, 1.165) is 11.1 Å².